The largest absolute Gasteiger partial charge is 0.397 e. The molecule has 3 aromatic rings. The van der Waals surface area contributed by atoms with Gasteiger partial charge in [0.15, 0.2) is 0 Å². The molecule has 2 aliphatic rings. The first-order valence-electron chi connectivity index (χ1n) is 8.88. The molecule has 0 saturated heterocycles. The van der Waals surface area contributed by atoms with Gasteiger partial charge in [-0.2, -0.15) is 4.39 Å². The SMILES string of the molecule is Nc1c2c(nc3c(-c4cccnc4F)c(F)ccc13)CN(C1CCC1)C2=O. The number of carbonyl (C=O) groups excluding carboxylic acids is 1. The molecule has 136 valence electrons. The van der Waals surface area contributed by atoms with Gasteiger partial charge in [0.25, 0.3) is 5.91 Å². The zero-order chi connectivity index (χ0) is 18.7. The summed E-state index contributed by atoms with van der Waals surface area (Å²) in [7, 11) is 0. The summed E-state index contributed by atoms with van der Waals surface area (Å²) in [6.45, 7) is 0.352. The lowest BCUT2D eigenvalue weighted by Gasteiger charge is -2.34. The van der Waals surface area contributed by atoms with Gasteiger partial charge in [0.2, 0.25) is 5.95 Å². The third kappa shape index (κ3) is 2.24. The summed E-state index contributed by atoms with van der Waals surface area (Å²) in [5.41, 5.74) is 7.77. The lowest BCUT2D eigenvalue weighted by molar-refractivity contribution is 0.0606. The lowest BCUT2D eigenvalue weighted by Crippen LogP contribution is -2.40. The number of pyridine rings is 2. The number of nitrogens with two attached hydrogens (primary N) is 1. The summed E-state index contributed by atoms with van der Waals surface area (Å²) in [6, 6.07) is 5.91. The normalized spacial score (nSPS) is 16.7. The molecular weight excluding hydrogens is 350 g/mol. The fraction of sp³-hybridized carbons (Fsp3) is 0.250. The minimum absolute atomic E-state index is 0.0159. The second-order valence-corrected chi connectivity index (χ2v) is 7.03. The predicted molar refractivity (Wildman–Crippen MR) is 96.8 cm³/mol. The van der Waals surface area contributed by atoms with Crippen LogP contribution in [0, 0.1) is 11.8 Å². The van der Waals surface area contributed by atoms with E-state index < -0.39 is 11.8 Å². The van der Waals surface area contributed by atoms with Crippen LogP contribution in [-0.2, 0) is 6.54 Å². The Morgan fingerprint density at radius 1 is 1.15 bits per heavy atom. The Bertz CT molecular complexity index is 1110. The zero-order valence-corrected chi connectivity index (χ0v) is 14.4. The topological polar surface area (TPSA) is 72.1 Å². The molecule has 0 unspecified atom stereocenters. The number of benzene rings is 1. The maximum Gasteiger partial charge on any atom is 0.258 e. The summed E-state index contributed by atoms with van der Waals surface area (Å²) in [4.78, 5) is 22.8. The number of halogens is 2. The number of anilines is 1. The first-order chi connectivity index (χ1) is 13.1. The molecule has 1 aliphatic heterocycles. The van der Waals surface area contributed by atoms with Crippen molar-refractivity contribution >= 4 is 22.5 Å². The summed E-state index contributed by atoms with van der Waals surface area (Å²) >= 11 is 0. The van der Waals surface area contributed by atoms with E-state index in [2.05, 4.69) is 9.97 Å². The first kappa shape index (κ1) is 16.1. The van der Waals surface area contributed by atoms with E-state index in [-0.39, 0.29) is 34.3 Å². The molecule has 7 heteroatoms. The molecule has 0 spiro atoms. The number of fused-ring (bicyclic) bond motifs is 2. The number of nitrogens with zero attached hydrogens (tertiary/aromatic N) is 3. The van der Waals surface area contributed by atoms with Crippen molar-refractivity contribution in [1.29, 1.82) is 0 Å². The molecule has 0 bridgehead atoms. The van der Waals surface area contributed by atoms with Crippen molar-refractivity contribution in [1.82, 2.24) is 14.9 Å². The molecule has 0 radical (unpaired) electrons. The van der Waals surface area contributed by atoms with Crippen LogP contribution in [0.15, 0.2) is 30.5 Å². The van der Waals surface area contributed by atoms with Crippen LogP contribution in [0.5, 0.6) is 0 Å². The molecule has 5 rings (SSSR count). The van der Waals surface area contributed by atoms with E-state index in [1.807, 2.05) is 0 Å². The van der Waals surface area contributed by atoms with Gasteiger partial charge in [-0.05, 0) is 43.5 Å². The highest BCUT2D eigenvalue weighted by atomic mass is 19.1. The Morgan fingerprint density at radius 2 is 1.96 bits per heavy atom. The third-order valence-electron chi connectivity index (χ3n) is 5.56. The number of hydrogen-bond donors (Lipinski definition) is 1. The zero-order valence-electron chi connectivity index (χ0n) is 14.4. The fourth-order valence-corrected chi connectivity index (χ4v) is 3.93. The second-order valence-electron chi connectivity index (χ2n) is 7.03. The van der Waals surface area contributed by atoms with Gasteiger partial charge in [-0.25, -0.2) is 14.4 Å². The number of nitrogen functional groups attached to an aromatic ring is 1. The Morgan fingerprint density at radius 3 is 2.67 bits per heavy atom. The summed E-state index contributed by atoms with van der Waals surface area (Å²) in [6.07, 6.45) is 4.35. The van der Waals surface area contributed by atoms with Crippen molar-refractivity contribution in [2.24, 2.45) is 0 Å². The van der Waals surface area contributed by atoms with Crippen LogP contribution in [0.25, 0.3) is 22.0 Å². The van der Waals surface area contributed by atoms with Gasteiger partial charge in [-0.1, -0.05) is 0 Å². The average Bonchev–Trinajstić information content (AvgIpc) is 2.91. The fourth-order valence-electron chi connectivity index (χ4n) is 3.93. The van der Waals surface area contributed by atoms with Gasteiger partial charge in [0.1, 0.15) is 5.82 Å². The van der Waals surface area contributed by atoms with Crippen molar-refractivity contribution < 1.29 is 13.6 Å². The highest BCUT2D eigenvalue weighted by Crippen LogP contribution is 2.40. The van der Waals surface area contributed by atoms with Crippen molar-refractivity contribution in [3.8, 4) is 11.1 Å². The monoisotopic (exact) mass is 366 g/mol. The first-order valence-corrected chi connectivity index (χ1v) is 8.88. The predicted octanol–water partition coefficient (Wildman–Crippen LogP) is 3.67. The van der Waals surface area contributed by atoms with Crippen LogP contribution in [0.3, 0.4) is 0 Å². The third-order valence-corrected chi connectivity index (χ3v) is 5.56. The highest BCUT2D eigenvalue weighted by Gasteiger charge is 2.38. The van der Waals surface area contributed by atoms with Crippen molar-refractivity contribution in [2.75, 3.05) is 5.73 Å². The van der Waals surface area contributed by atoms with Gasteiger partial charge in [-0.15, -0.1) is 0 Å². The van der Waals surface area contributed by atoms with E-state index in [1.165, 1.54) is 30.5 Å². The molecule has 5 nitrogen and oxygen atoms in total. The van der Waals surface area contributed by atoms with E-state index >= 15 is 0 Å². The number of hydrogen-bond acceptors (Lipinski definition) is 4. The molecule has 27 heavy (non-hydrogen) atoms. The van der Waals surface area contributed by atoms with E-state index in [4.69, 9.17) is 5.73 Å². The molecule has 1 fully saturated rings. The molecule has 1 amide bonds. The van der Waals surface area contributed by atoms with Crippen molar-refractivity contribution in [3.05, 3.63) is 53.5 Å². The van der Waals surface area contributed by atoms with E-state index in [0.717, 1.165) is 19.3 Å². The van der Waals surface area contributed by atoms with Gasteiger partial charge in [0.05, 0.1) is 29.0 Å². The maximum atomic E-state index is 14.7. The molecule has 2 N–H and O–H groups in total. The van der Waals surface area contributed by atoms with Crippen LogP contribution in [0.2, 0.25) is 0 Å². The molecule has 0 atom stereocenters. The smallest absolute Gasteiger partial charge is 0.258 e. The number of aromatic nitrogens is 2. The van der Waals surface area contributed by atoms with Crippen LogP contribution in [-0.4, -0.2) is 26.8 Å². The highest BCUT2D eigenvalue weighted by molar-refractivity contribution is 6.11. The minimum Gasteiger partial charge on any atom is -0.397 e. The van der Waals surface area contributed by atoms with Gasteiger partial charge in [0, 0.05) is 28.8 Å². The van der Waals surface area contributed by atoms with Crippen LogP contribution < -0.4 is 5.73 Å². The number of amides is 1. The van der Waals surface area contributed by atoms with E-state index in [1.54, 1.807) is 4.90 Å². The molecule has 3 heterocycles. The lowest BCUT2D eigenvalue weighted by atomic mass is 9.92. The second kappa shape index (κ2) is 5.70. The van der Waals surface area contributed by atoms with Crippen LogP contribution in [0.4, 0.5) is 14.5 Å². The van der Waals surface area contributed by atoms with Crippen molar-refractivity contribution in [2.45, 2.75) is 31.8 Å². The maximum absolute atomic E-state index is 14.7. The Balaban J connectivity index is 1.76. The molecule has 1 saturated carbocycles. The van der Waals surface area contributed by atoms with E-state index in [9.17, 15) is 13.6 Å². The molecular formula is C20H16F2N4O. The standard InChI is InChI=1S/C20H16F2N4O/c21-13-7-6-12-17(23)16-14(9-26(20(16)27)10-3-1-4-10)25-18(12)15(13)11-5-2-8-24-19(11)22/h2,5-8,10H,1,3-4,9H2,(H2,23,25). The number of carbonyl (C=O) groups is 1. The Labute approximate surface area is 153 Å². The summed E-state index contributed by atoms with van der Waals surface area (Å²) < 4.78 is 28.9. The van der Waals surface area contributed by atoms with Crippen LogP contribution in [0.1, 0.15) is 35.3 Å². The molecule has 2 aromatic heterocycles. The van der Waals surface area contributed by atoms with Crippen molar-refractivity contribution in [3.63, 3.8) is 0 Å². The summed E-state index contributed by atoms with van der Waals surface area (Å²) in [5.74, 6) is -1.52. The quantitative estimate of drug-likeness (QED) is 0.703. The van der Waals surface area contributed by atoms with Gasteiger partial charge in [-0.3, -0.25) is 4.79 Å². The van der Waals surface area contributed by atoms with Gasteiger partial charge >= 0.3 is 0 Å². The van der Waals surface area contributed by atoms with Crippen LogP contribution >= 0.6 is 0 Å². The molecule has 1 aliphatic carbocycles. The number of rotatable bonds is 2. The average molecular weight is 366 g/mol. The minimum atomic E-state index is -0.781. The Hall–Kier alpha value is -3.09. The van der Waals surface area contributed by atoms with Gasteiger partial charge < -0.3 is 10.6 Å². The molecule has 1 aromatic carbocycles. The van der Waals surface area contributed by atoms with E-state index in [0.29, 0.717) is 23.2 Å². The summed E-state index contributed by atoms with van der Waals surface area (Å²) in [5, 5.41) is 0.442. The Kier molecular flexibility index (Phi) is 3.40.